The van der Waals surface area contributed by atoms with Gasteiger partial charge in [0.25, 0.3) is 0 Å². The molecule has 2 rings (SSSR count). The van der Waals surface area contributed by atoms with Gasteiger partial charge in [-0.05, 0) is 31.9 Å². The van der Waals surface area contributed by atoms with Gasteiger partial charge in [0.15, 0.2) is 0 Å². The zero-order valence-corrected chi connectivity index (χ0v) is 12.7. The number of hydrogen-bond acceptors (Lipinski definition) is 2. The Morgan fingerprint density at radius 1 is 1.30 bits per heavy atom. The SMILES string of the molecule is CCC1C(=O)NC(C)(C)C(=O)N1Cc1ccccc1Cl. The Bertz CT molecular complexity index is 542. The lowest BCUT2D eigenvalue weighted by molar-refractivity contribution is -0.154. The summed E-state index contributed by atoms with van der Waals surface area (Å²) in [5, 5.41) is 3.38. The molecule has 1 heterocycles. The van der Waals surface area contributed by atoms with E-state index in [2.05, 4.69) is 5.32 Å². The number of carbonyl (C=O) groups excluding carboxylic acids is 2. The van der Waals surface area contributed by atoms with E-state index in [0.29, 0.717) is 18.0 Å². The van der Waals surface area contributed by atoms with Gasteiger partial charge < -0.3 is 10.2 Å². The molecule has 1 unspecified atom stereocenters. The minimum atomic E-state index is -0.871. The first-order valence-corrected chi connectivity index (χ1v) is 7.11. The van der Waals surface area contributed by atoms with E-state index in [9.17, 15) is 9.59 Å². The Morgan fingerprint density at radius 3 is 2.55 bits per heavy atom. The van der Waals surface area contributed by atoms with Crippen molar-refractivity contribution in [1.29, 1.82) is 0 Å². The van der Waals surface area contributed by atoms with Gasteiger partial charge in [0.1, 0.15) is 11.6 Å². The summed E-state index contributed by atoms with van der Waals surface area (Å²) in [6.07, 6.45) is 0.581. The molecule has 1 aliphatic heterocycles. The van der Waals surface area contributed by atoms with Crippen LogP contribution in [0.4, 0.5) is 0 Å². The van der Waals surface area contributed by atoms with Crippen molar-refractivity contribution < 1.29 is 9.59 Å². The van der Waals surface area contributed by atoms with Gasteiger partial charge in [-0.3, -0.25) is 9.59 Å². The highest BCUT2D eigenvalue weighted by atomic mass is 35.5. The minimum Gasteiger partial charge on any atom is -0.340 e. The molecule has 1 atom stereocenters. The minimum absolute atomic E-state index is 0.0798. The Balaban J connectivity index is 2.33. The standard InChI is InChI=1S/C15H19ClN2O2/c1-4-12-13(19)17-15(2,3)14(20)18(12)9-10-7-5-6-8-11(10)16/h5-8,12H,4,9H2,1-3H3,(H,17,19). The van der Waals surface area contributed by atoms with Crippen LogP contribution in [0.15, 0.2) is 24.3 Å². The van der Waals surface area contributed by atoms with Gasteiger partial charge in [0.2, 0.25) is 11.8 Å². The molecule has 0 radical (unpaired) electrons. The van der Waals surface area contributed by atoms with E-state index in [0.717, 1.165) is 5.56 Å². The molecule has 0 bridgehead atoms. The normalized spacial score (nSPS) is 21.8. The summed E-state index contributed by atoms with van der Waals surface area (Å²) < 4.78 is 0. The number of nitrogens with one attached hydrogen (secondary N) is 1. The number of piperazine rings is 1. The molecule has 2 amide bonds. The number of carbonyl (C=O) groups is 2. The molecule has 0 aliphatic carbocycles. The van der Waals surface area contributed by atoms with Crippen molar-refractivity contribution in [2.45, 2.75) is 45.3 Å². The lowest BCUT2D eigenvalue weighted by Crippen LogP contribution is -2.67. The Kier molecular flexibility index (Phi) is 4.04. The fourth-order valence-corrected chi connectivity index (χ4v) is 2.68. The first-order valence-electron chi connectivity index (χ1n) is 6.73. The highest BCUT2D eigenvalue weighted by Crippen LogP contribution is 2.24. The molecular formula is C15H19ClN2O2. The lowest BCUT2D eigenvalue weighted by atomic mass is 9.95. The molecule has 1 aromatic carbocycles. The van der Waals surface area contributed by atoms with Crippen LogP contribution < -0.4 is 5.32 Å². The van der Waals surface area contributed by atoms with E-state index in [1.54, 1.807) is 24.8 Å². The van der Waals surface area contributed by atoms with Crippen molar-refractivity contribution in [2.75, 3.05) is 0 Å². The van der Waals surface area contributed by atoms with Crippen LogP contribution in [0.25, 0.3) is 0 Å². The smallest absolute Gasteiger partial charge is 0.248 e. The van der Waals surface area contributed by atoms with E-state index in [1.165, 1.54) is 0 Å². The summed E-state index contributed by atoms with van der Waals surface area (Å²) in [4.78, 5) is 26.3. The Morgan fingerprint density at radius 2 is 1.95 bits per heavy atom. The van der Waals surface area contributed by atoms with E-state index in [4.69, 9.17) is 11.6 Å². The van der Waals surface area contributed by atoms with Crippen LogP contribution in [0.2, 0.25) is 5.02 Å². The molecule has 0 spiro atoms. The first-order chi connectivity index (χ1) is 9.36. The molecule has 0 aromatic heterocycles. The highest BCUT2D eigenvalue weighted by molar-refractivity contribution is 6.31. The van der Waals surface area contributed by atoms with Gasteiger partial charge in [-0.2, -0.15) is 0 Å². The first kappa shape index (κ1) is 14.9. The topological polar surface area (TPSA) is 49.4 Å². The fraction of sp³-hybridized carbons (Fsp3) is 0.467. The molecule has 20 heavy (non-hydrogen) atoms. The third kappa shape index (κ3) is 2.66. The molecule has 1 aliphatic rings. The van der Waals surface area contributed by atoms with Gasteiger partial charge in [0, 0.05) is 11.6 Å². The molecule has 1 saturated heterocycles. The van der Waals surface area contributed by atoms with Crippen molar-refractivity contribution in [1.82, 2.24) is 10.2 Å². The maximum atomic E-state index is 12.5. The summed E-state index contributed by atoms with van der Waals surface area (Å²) in [7, 11) is 0. The quantitative estimate of drug-likeness (QED) is 0.930. The Hall–Kier alpha value is -1.55. The van der Waals surface area contributed by atoms with Gasteiger partial charge in [-0.25, -0.2) is 0 Å². The molecule has 4 nitrogen and oxygen atoms in total. The van der Waals surface area contributed by atoms with Crippen LogP contribution >= 0.6 is 11.6 Å². The van der Waals surface area contributed by atoms with Crippen LogP contribution in [0.3, 0.4) is 0 Å². The maximum Gasteiger partial charge on any atom is 0.248 e. The van der Waals surface area contributed by atoms with Crippen molar-refractivity contribution >= 4 is 23.4 Å². The number of amides is 2. The van der Waals surface area contributed by atoms with Crippen molar-refractivity contribution in [3.63, 3.8) is 0 Å². The van der Waals surface area contributed by atoms with Crippen LogP contribution in [-0.2, 0) is 16.1 Å². The molecule has 1 aromatic rings. The third-order valence-corrected chi connectivity index (χ3v) is 3.96. The summed E-state index contributed by atoms with van der Waals surface area (Å²) in [6, 6.07) is 6.95. The van der Waals surface area contributed by atoms with E-state index < -0.39 is 11.6 Å². The lowest BCUT2D eigenvalue weighted by Gasteiger charge is -2.42. The number of benzene rings is 1. The number of halogens is 1. The number of rotatable bonds is 3. The largest absolute Gasteiger partial charge is 0.340 e. The number of hydrogen-bond donors (Lipinski definition) is 1. The van der Waals surface area contributed by atoms with E-state index in [1.807, 2.05) is 25.1 Å². The molecular weight excluding hydrogens is 276 g/mol. The second-order valence-corrected chi connectivity index (χ2v) is 5.97. The molecule has 1 N–H and O–H groups in total. The van der Waals surface area contributed by atoms with Crippen molar-refractivity contribution in [3.8, 4) is 0 Å². The predicted molar refractivity (Wildman–Crippen MR) is 78.3 cm³/mol. The van der Waals surface area contributed by atoms with E-state index >= 15 is 0 Å². The molecule has 5 heteroatoms. The van der Waals surface area contributed by atoms with Gasteiger partial charge in [0.05, 0.1) is 0 Å². The summed E-state index contributed by atoms with van der Waals surface area (Å²) in [5.74, 6) is -0.187. The van der Waals surface area contributed by atoms with E-state index in [-0.39, 0.29) is 11.8 Å². The monoisotopic (exact) mass is 294 g/mol. The summed E-state index contributed by atoms with van der Waals surface area (Å²) in [5.41, 5.74) is -0.0178. The molecule has 1 fully saturated rings. The van der Waals surface area contributed by atoms with Gasteiger partial charge in [-0.1, -0.05) is 36.7 Å². The van der Waals surface area contributed by atoms with Crippen LogP contribution in [0.5, 0.6) is 0 Å². The predicted octanol–water partition coefficient (Wildman–Crippen LogP) is 2.36. The fourth-order valence-electron chi connectivity index (χ4n) is 2.48. The zero-order valence-electron chi connectivity index (χ0n) is 11.9. The Labute approximate surface area is 124 Å². The van der Waals surface area contributed by atoms with Crippen LogP contribution in [0.1, 0.15) is 32.8 Å². The highest BCUT2D eigenvalue weighted by Gasteiger charge is 2.44. The average Bonchev–Trinajstić information content (AvgIpc) is 2.38. The number of nitrogens with zero attached hydrogens (tertiary/aromatic N) is 1. The zero-order chi connectivity index (χ0) is 14.9. The average molecular weight is 295 g/mol. The van der Waals surface area contributed by atoms with Crippen molar-refractivity contribution in [3.05, 3.63) is 34.9 Å². The molecule has 108 valence electrons. The third-order valence-electron chi connectivity index (χ3n) is 3.60. The van der Waals surface area contributed by atoms with Gasteiger partial charge >= 0.3 is 0 Å². The second kappa shape index (κ2) is 5.44. The second-order valence-electron chi connectivity index (χ2n) is 5.56. The maximum absolute atomic E-state index is 12.5. The summed E-state index contributed by atoms with van der Waals surface area (Å²) >= 11 is 6.15. The summed E-state index contributed by atoms with van der Waals surface area (Å²) in [6.45, 7) is 5.70. The van der Waals surface area contributed by atoms with Crippen molar-refractivity contribution in [2.24, 2.45) is 0 Å². The van der Waals surface area contributed by atoms with Crippen LogP contribution in [0, 0.1) is 0 Å². The van der Waals surface area contributed by atoms with Crippen LogP contribution in [-0.4, -0.2) is 28.3 Å². The van der Waals surface area contributed by atoms with Gasteiger partial charge in [-0.15, -0.1) is 0 Å². The molecule has 0 saturated carbocycles.